The minimum Gasteiger partial charge on any atom is -0.246 e. The molecule has 112 valence electrons. The lowest BCUT2D eigenvalue weighted by molar-refractivity contribution is 0.682. The van der Waals surface area contributed by atoms with Crippen LogP contribution in [0, 0.1) is 10.8 Å². The Labute approximate surface area is 124 Å². The molecular formula is C16H32OSSi. The van der Waals surface area contributed by atoms with Crippen molar-refractivity contribution < 1.29 is 4.21 Å². The van der Waals surface area contributed by atoms with Gasteiger partial charge in [-0.2, -0.15) is 0 Å². The maximum atomic E-state index is 12.0. The summed E-state index contributed by atoms with van der Waals surface area (Å²) in [6.45, 7) is 15.9. The topological polar surface area (TPSA) is 17.1 Å². The van der Waals surface area contributed by atoms with Crippen LogP contribution >= 0.6 is 0 Å². The van der Waals surface area contributed by atoms with E-state index in [2.05, 4.69) is 59.3 Å². The highest BCUT2D eigenvalue weighted by molar-refractivity contribution is 7.89. The third kappa shape index (κ3) is 5.43. The first-order valence-electron chi connectivity index (χ1n) is 7.70. The van der Waals surface area contributed by atoms with E-state index in [-0.39, 0.29) is 0 Å². The van der Waals surface area contributed by atoms with Crippen LogP contribution in [0.25, 0.3) is 0 Å². The minimum absolute atomic E-state index is 0.618. The Morgan fingerprint density at radius 1 is 0.947 bits per heavy atom. The molecule has 0 aromatic rings. The molecule has 0 fully saturated rings. The smallest absolute Gasteiger partial charge is 0.147 e. The van der Waals surface area contributed by atoms with Crippen LogP contribution in [-0.4, -0.2) is 18.0 Å². The number of hydrogen-bond acceptors (Lipinski definition) is 1. The SMILES string of the molecule is CCCCCS(=O)C#C[Si](C(C)C)(C(C)C)C(C)C. The van der Waals surface area contributed by atoms with Crippen LogP contribution in [0.15, 0.2) is 0 Å². The van der Waals surface area contributed by atoms with Gasteiger partial charge in [0.2, 0.25) is 0 Å². The van der Waals surface area contributed by atoms with Gasteiger partial charge in [-0.3, -0.25) is 0 Å². The second-order valence-corrected chi connectivity index (χ2v) is 13.3. The molecule has 1 unspecified atom stereocenters. The van der Waals surface area contributed by atoms with Crippen molar-refractivity contribution in [3.05, 3.63) is 0 Å². The van der Waals surface area contributed by atoms with E-state index in [1.165, 1.54) is 6.42 Å². The van der Waals surface area contributed by atoms with E-state index in [9.17, 15) is 4.21 Å². The van der Waals surface area contributed by atoms with Crippen LogP contribution < -0.4 is 0 Å². The largest absolute Gasteiger partial charge is 0.246 e. The van der Waals surface area contributed by atoms with E-state index in [0.717, 1.165) is 18.6 Å². The summed E-state index contributed by atoms with van der Waals surface area (Å²) in [6, 6.07) is 0. The maximum Gasteiger partial charge on any atom is 0.147 e. The molecule has 1 atom stereocenters. The van der Waals surface area contributed by atoms with Crippen molar-refractivity contribution in [1.29, 1.82) is 0 Å². The number of rotatable bonds is 7. The second-order valence-electron chi connectivity index (χ2n) is 6.38. The fourth-order valence-corrected chi connectivity index (χ4v) is 9.71. The fraction of sp³-hybridized carbons (Fsp3) is 0.875. The van der Waals surface area contributed by atoms with E-state index in [4.69, 9.17) is 0 Å². The Morgan fingerprint density at radius 2 is 1.42 bits per heavy atom. The Balaban J connectivity index is 4.99. The van der Waals surface area contributed by atoms with Crippen molar-refractivity contribution in [3.63, 3.8) is 0 Å². The fourth-order valence-electron chi connectivity index (χ4n) is 3.11. The molecule has 0 N–H and O–H groups in total. The van der Waals surface area contributed by atoms with Gasteiger partial charge in [0, 0.05) is 5.75 Å². The molecule has 19 heavy (non-hydrogen) atoms. The standard InChI is InChI=1S/C16H32OSSi/c1-8-9-10-11-18(17)12-13-19(14(2)3,15(4)5)16(6)7/h14-16H,8-11H2,1-7H3. The van der Waals surface area contributed by atoms with Crippen LogP contribution in [0.5, 0.6) is 0 Å². The van der Waals surface area contributed by atoms with Crippen LogP contribution in [-0.2, 0) is 10.8 Å². The molecule has 0 spiro atoms. The zero-order valence-corrected chi connectivity index (χ0v) is 15.7. The zero-order valence-electron chi connectivity index (χ0n) is 13.9. The van der Waals surface area contributed by atoms with Crippen LogP contribution in [0.4, 0.5) is 0 Å². The summed E-state index contributed by atoms with van der Waals surface area (Å²) in [5, 5.41) is 3.11. The van der Waals surface area contributed by atoms with Crippen LogP contribution in [0.3, 0.4) is 0 Å². The first-order valence-corrected chi connectivity index (χ1v) is 11.2. The van der Waals surface area contributed by atoms with E-state index < -0.39 is 18.9 Å². The molecule has 0 aromatic heterocycles. The molecule has 1 nitrogen and oxygen atoms in total. The summed E-state index contributed by atoms with van der Waals surface area (Å²) in [5.74, 6) is 0.750. The zero-order chi connectivity index (χ0) is 15.1. The first-order chi connectivity index (χ1) is 8.78. The van der Waals surface area contributed by atoms with Gasteiger partial charge in [-0.15, -0.1) is 5.54 Å². The Morgan fingerprint density at radius 3 is 1.79 bits per heavy atom. The van der Waals surface area contributed by atoms with Crippen molar-refractivity contribution in [3.8, 4) is 10.8 Å². The van der Waals surface area contributed by atoms with Crippen molar-refractivity contribution in [2.45, 2.75) is 84.4 Å². The van der Waals surface area contributed by atoms with Gasteiger partial charge >= 0.3 is 0 Å². The molecular weight excluding hydrogens is 268 g/mol. The molecule has 0 amide bonds. The van der Waals surface area contributed by atoms with Gasteiger partial charge in [-0.1, -0.05) is 61.3 Å². The van der Waals surface area contributed by atoms with Gasteiger partial charge < -0.3 is 0 Å². The Bertz CT molecular complexity index is 315. The average molecular weight is 301 g/mol. The van der Waals surface area contributed by atoms with Gasteiger partial charge in [0.15, 0.2) is 0 Å². The molecule has 0 aromatic carbocycles. The summed E-state index contributed by atoms with van der Waals surface area (Å²) in [6.07, 6.45) is 3.37. The lowest BCUT2D eigenvalue weighted by Crippen LogP contribution is -2.43. The molecule has 0 aliphatic rings. The minimum atomic E-state index is -1.69. The molecule has 0 heterocycles. The summed E-state index contributed by atoms with van der Waals surface area (Å²) < 4.78 is 12.0. The third-order valence-electron chi connectivity index (χ3n) is 4.18. The highest BCUT2D eigenvalue weighted by Crippen LogP contribution is 2.40. The normalized spacial score (nSPS) is 13.8. The van der Waals surface area contributed by atoms with E-state index in [0.29, 0.717) is 16.6 Å². The molecule has 0 radical (unpaired) electrons. The van der Waals surface area contributed by atoms with Gasteiger partial charge in [-0.25, -0.2) is 4.21 Å². The summed E-state index contributed by atoms with van der Waals surface area (Å²) in [7, 11) is -2.64. The summed E-state index contributed by atoms with van der Waals surface area (Å²) in [5.41, 5.74) is 5.40. The predicted molar refractivity (Wildman–Crippen MR) is 91.4 cm³/mol. The molecule has 0 bridgehead atoms. The predicted octanol–water partition coefficient (Wildman–Crippen LogP) is 5.10. The average Bonchev–Trinajstić information content (AvgIpc) is 2.28. The molecule has 0 saturated carbocycles. The summed E-state index contributed by atoms with van der Waals surface area (Å²) >= 11 is 0. The highest BCUT2D eigenvalue weighted by Gasteiger charge is 2.41. The molecule has 0 aliphatic carbocycles. The highest BCUT2D eigenvalue weighted by atomic mass is 32.2. The van der Waals surface area contributed by atoms with E-state index in [1.54, 1.807) is 0 Å². The molecule has 0 aliphatic heterocycles. The Kier molecular flexibility index (Phi) is 8.94. The van der Waals surface area contributed by atoms with Gasteiger partial charge in [0.25, 0.3) is 0 Å². The van der Waals surface area contributed by atoms with Crippen LogP contribution in [0.1, 0.15) is 67.7 Å². The molecule has 3 heteroatoms. The number of hydrogen-bond donors (Lipinski definition) is 0. The maximum absolute atomic E-state index is 12.0. The van der Waals surface area contributed by atoms with Gasteiger partial charge in [0.1, 0.15) is 8.07 Å². The van der Waals surface area contributed by atoms with Gasteiger partial charge in [-0.05, 0) is 28.3 Å². The number of unbranched alkanes of at least 4 members (excludes halogenated alkanes) is 2. The lowest BCUT2D eigenvalue weighted by atomic mass is 10.3. The van der Waals surface area contributed by atoms with Crippen LogP contribution in [0.2, 0.25) is 16.6 Å². The Hall–Kier alpha value is -0.0731. The van der Waals surface area contributed by atoms with E-state index >= 15 is 0 Å². The first kappa shape index (κ1) is 18.9. The van der Waals surface area contributed by atoms with Crippen molar-refractivity contribution in [2.24, 2.45) is 0 Å². The molecule has 0 rings (SSSR count). The lowest BCUT2D eigenvalue weighted by Gasteiger charge is -2.37. The van der Waals surface area contributed by atoms with Crippen molar-refractivity contribution in [1.82, 2.24) is 0 Å². The summed E-state index contributed by atoms with van der Waals surface area (Å²) in [4.78, 5) is 0. The van der Waals surface area contributed by atoms with Crippen molar-refractivity contribution in [2.75, 3.05) is 5.75 Å². The van der Waals surface area contributed by atoms with Crippen molar-refractivity contribution >= 4 is 18.9 Å². The van der Waals surface area contributed by atoms with E-state index in [1.807, 2.05) is 0 Å². The molecule has 0 saturated heterocycles. The third-order valence-corrected chi connectivity index (χ3v) is 11.6. The van der Waals surface area contributed by atoms with Gasteiger partial charge in [0.05, 0.1) is 10.8 Å². The quantitative estimate of drug-likeness (QED) is 0.363. The second kappa shape index (κ2) is 8.97. The monoisotopic (exact) mass is 300 g/mol.